The van der Waals surface area contributed by atoms with Gasteiger partial charge in [-0.15, -0.1) is 11.3 Å². The van der Waals surface area contributed by atoms with Gasteiger partial charge in [-0.1, -0.05) is 6.07 Å². The van der Waals surface area contributed by atoms with E-state index in [-0.39, 0.29) is 17.7 Å². The van der Waals surface area contributed by atoms with Crippen molar-refractivity contribution in [3.63, 3.8) is 0 Å². The zero-order valence-electron chi connectivity index (χ0n) is 17.4. The lowest BCUT2D eigenvalue weighted by atomic mass is 9.95. The summed E-state index contributed by atoms with van der Waals surface area (Å²) < 4.78 is 0. The van der Waals surface area contributed by atoms with Crippen LogP contribution in [0.15, 0.2) is 54.2 Å². The molecule has 1 fully saturated rings. The van der Waals surface area contributed by atoms with E-state index < -0.39 is 0 Å². The maximum Gasteiger partial charge on any atom is 0.255 e. The molecule has 3 aromatic rings. The Morgan fingerprint density at radius 3 is 2.48 bits per heavy atom. The van der Waals surface area contributed by atoms with Crippen molar-refractivity contribution in [3.05, 3.63) is 70.4 Å². The van der Waals surface area contributed by atoms with Gasteiger partial charge in [0.15, 0.2) is 0 Å². The van der Waals surface area contributed by atoms with Gasteiger partial charge in [-0.2, -0.15) is 0 Å². The number of rotatable bonds is 6. The van der Waals surface area contributed by atoms with Gasteiger partial charge >= 0.3 is 0 Å². The minimum absolute atomic E-state index is 0.0107. The Labute approximate surface area is 185 Å². The van der Waals surface area contributed by atoms with Crippen LogP contribution in [0, 0.1) is 12.8 Å². The predicted molar refractivity (Wildman–Crippen MR) is 122 cm³/mol. The standard InChI is InChI=1S/C23H25N5O2S/c1-16-25-21(15-31-16)14-28-11-7-18(8-12-28)23(30)27-20-4-2-3-19(13-20)26-22(29)17-5-9-24-10-6-17/h2-6,9-10,13,15,18H,7-8,11-12,14H2,1H3,(H,26,29)(H,27,30). The summed E-state index contributed by atoms with van der Waals surface area (Å²) >= 11 is 1.67. The third kappa shape index (κ3) is 5.74. The zero-order chi connectivity index (χ0) is 21.6. The van der Waals surface area contributed by atoms with Crippen LogP contribution in [0.1, 0.15) is 33.9 Å². The number of nitrogens with zero attached hydrogens (tertiary/aromatic N) is 3. The van der Waals surface area contributed by atoms with Crippen LogP contribution < -0.4 is 10.6 Å². The van der Waals surface area contributed by atoms with Crippen LogP contribution in [0.2, 0.25) is 0 Å². The van der Waals surface area contributed by atoms with Crippen molar-refractivity contribution in [2.75, 3.05) is 23.7 Å². The highest BCUT2D eigenvalue weighted by molar-refractivity contribution is 7.09. The number of nitrogens with one attached hydrogen (secondary N) is 2. The van der Waals surface area contributed by atoms with E-state index in [0.29, 0.717) is 16.9 Å². The topological polar surface area (TPSA) is 87.2 Å². The number of hydrogen-bond donors (Lipinski definition) is 2. The SMILES string of the molecule is Cc1nc(CN2CCC(C(=O)Nc3cccc(NC(=O)c4ccncc4)c3)CC2)cs1. The average Bonchev–Trinajstić information content (AvgIpc) is 3.19. The number of aryl methyl sites for hydroxylation is 1. The Bertz CT molecular complexity index is 1040. The minimum Gasteiger partial charge on any atom is -0.326 e. The molecule has 8 heteroatoms. The van der Waals surface area contributed by atoms with Crippen LogP contribution in [-0.2, 0) is 11.3 Å². The van der Waals surface area contributed by atoms with Crippen LogP contribution >= 0.6 is 11.3 Å². The number of piperidine rings is 1. The van der Waals surface area contributed by atoms with Crippen molar-refractivity contribution in [3.8, 4) is 0 Å². The third-order valence-electron chi connectivity index (χ3n) is 5.34. The van der Waals surface area contributed by atoms with E-state index in [9.17, 15) is 9.59 Å². The second-order valence-corrected chi connectivity index (χ2v) is 8.73. The van der Waals surface area contributed by atoms with Crippen molar-refractivity contribution in [2.45, 2.75) is 26.3 Å². The smallest absolute Gasteiger partial charge is 0.255 e. The van der Waals surface area contributed by atoms with E-state index in [2.05, 4.69) is 30.9 Å². The lowest BCUT2D eigenvalue weighted by Gasteiger charge is -2.30. The average molecular weight is 436 g/mol. The molecular formula is C23H25N5O2S. The normalized spacial score (nSPS) is 14.9. The highest BCUT2D eigenvalue weighted by Crippen LogP contribution is 2.23. The van der Waals surface area contributed by atoms with Crippen LogP contribution in [0.25, 0.3) is 0 Å². The summed E-state index contributed by atoms with van der Waals surface area (Å²) in [5.74, 6) is -0.196. The number of carbonyl (C=O) groups is 2. The Morgan fingerprint density at radius 2 is 1.81 bits per heavy atom. The Kier molecular flexibility index (Phi) is 6.69. The number of anilines is 2. The van der Waals surface area contributed by atoms with Crippen molar-refractivity contribution in [1.29, 1.82) is 0 Å². The number of aromatic nitrogens is 2. The molecule has 1 aliphatic heterocycles. The first-order valence-corrected chi connectivity index (χ1v) is 11.2. The van der Waals surface area contributed by atoms with Crippen molar-refractivity contribution in [2.24, 2.45) is 5.92 Å². The predicted octanol–water partition coefficient (Wildman–Crippen LogP) is 3.95. The summed E-state index contributed by atoms with van der Waals surface area (Å²) in [6, 6.07) is 10.5. The van der Waals surface area contributed by atoms with E-state index in [1.54, 1.807) is 48.0 Å². The molecule has 0 radical (unpaired) electrons. The molecule has 0 saturated carbocycles. The second-order valence-electron chi connectivity index (χ2n) is 7.67. The number of amides is 2. The molecule has 1 aromatic carbocycles. The molecule has 2 N–H and O–H groups in total. The number of pyridine rings is 1. The Hall–Kier alpha value is -3.10. The Morgan fingerprint density at radius 1 is 1.10 bits per heavy atom. The molecule has 4 rings (SSSR count). The lowest BCUT2D eigenvalue weighted by molar-refractivity contribution is -0.121. The molecule has 1 saturated heterocycles. The molecule has 3 heterocycles. The van der Waals surface area contributed by atoms with E-state index in [4.69, 9.17) is 0 Å². The van der Waals surface area contributed by atoms with Crippen molar-refractivity contribution in [1.82, 2.24) is 14.9 Å². The zero-order valence-corrected chi connectivity index (χ0v) is 18.2. The highest BCUT2D eigenvalue weighted by Gasteiger charge is 2.25. The fourth-order valence-electron chi connectivity index (χ4n) is 3.69. The maximum atomic E-state index is 12.8. The van der Waals surface area contributed by atoms with E-state index in [1.807, 2.05) is 19.1 Å². The van der Waals surface area contributed by atoms with Crippen molar-refractivity contribution >= 4 is 34.5 Å². The molecule has 1 aliphatic rings. The van der Waals surface area contributed by atoms with Gasteiger partial charge in [-0.25, -0.2) is 4.98 Å². The van der Waals surface area contributed by atoms with Crippen LogP contribution in [-0.4, -0.2) is 39.8 Å². The fraction of sp³-hybridized carbons (Fsp3) is 0.304. The minimum atomic E-state index is -0.214. The molecule has 31 heavy (non-hydrogen) atoms. The summed E-state index contributed by atoms with van der Waals surface area (Å²) in [6.07, 6.45) is 4.81. The quantitative estimate of drug-likeness (QED) is 0.612. The molecule has 2 amide bonds. The van der Waals surface area contributed by atoms with E-state index in [1.165, 1.54) is 0 Å². The van der Waals surface area contributed by atoms with Gasteiger partial charge < -0.3 is 10.6 Å². The molecule has 0 aliphatic carbocycles. The van der Waals surface area contributed by atoms with Gasteiger partial charge in [0.05, 0.1) is 10.7 Å². The number of thiazole rings is 1. The van der Waals surface area contributed by atoms with Crippen LogP contribution in [0.5, 0.6) is 0 Å². The summed E-state index contributed by atoms with van der Waals surface area (Å²) in [4.78, 5) is 35.9. The first-order valence-electron chi connectivity index (χ1n) is 10.3. The largest absolute Gasteiger partial charge is 0.326 e. The van der Waals surface area contributed by atoms with Crippen LogP contribution in [0.4, 0.5) is 11.4 Å². The van der Waals surface area contributed by atoms with Gasteiger partial charge in [-0.05, 0) is 63.2 Å². The van der Waals surface area contributed by atoms with Gasteiger partial charge in [0.25, 0.3) is 5.91 Å². The molecule has 2 aromatic heterocycles. The second kappa shape index (κ2) is 9.80. The van der Waals surface area contributed by atoms with Crippen molar-refractivity contribution < 1.29 is 9.59 Å². The third-order valence-corrected chi connectivity index (χ3v) is 6.16. The molecule has 7 nitrogen and oxygen atoms in total. The van der Waals surface area contributed by atoms with Crippen LogP contribution in [0.3, 0.4) is 0 Å². The van der Waals surface area contributed by atoms with Gasteiger partial charge in [0.1, 0.15) is 0 Å². The Balaban J connectivity index is 1.29. The van der Waals surface area contributed by atoms with Gasteiger partial charge in [-0.3, -0.25) is 19.5 Å². The molecule has 0 spiro atoms. The summed E-state index contributed by atoms with van der Waals surface area (Å²) in [5, 5.41) is 9.05. The molecule has 0 unspecified atom stereocenters. The summed E-state index contributed by atoms with van der Waals surface area (Å²) in [5.41, 5.74) is 2.95. The lowest BCUT2D eigenvalue weighted by Crippen LogP contribution is -2.37. The number of likely N-dealkylation sites (tertiary alicyclic amines) is 1. The van der Waals surface area contributed by atoms with Gasteiger partial charge in [0, 0.05) is 47.2 Å². The summed E-state index contributed by atoms with van der Waals surface area (Å²) in [6.45, 7) is 4.63. The molecule has 160 valence electrons. The first-order chi connectivity index (χ1) is 15.1. The molecule has 0 bridgehead atoms. The van der Waals surface area contributed by atoms with Gasteiger partial charge in [0.2, 0.25) is 5.91 Å². The number of carbonyl (C=O) groups excluding carboxylic acids is 2. The van der Waals surface area contributed by atoms with E-state index >= 15 is 0 Å². The summed E-state index contributed by atoms with van der Waals surface area (Å²) in [7, 11) is 0. The maximum absolute atomic E-state index is 12.8. The van der Waals surface area contributed by atoms with E-state index in [0.717, 1.165) is 43.2 Å². The molecular weight excluding hydrogens is 410 g/mol. The monoisotopic (exact) mass is 435 g/mol. The fourth-order valence-corrected chi connectivity index (χ4v) is 4.29. The first kappa shape index (κ1) is 21.1. The molecule has 0 atom stereocenters. The highest BCUT2D eigenvalue weighted by atomic mass is 32.1. The number of benzene rings is 1. The number of hydrogen-bond acceptors (Lipinski definition) is 6.